The topological polar surface area (TPSA) is 66.0 Å². The molecule has 0 saturated heterocycles. The van der Waals surface area contributed by atoms with Gasteiger partial charge in [0.1, 0.15) is 6.17 Å². The fraction of sp³-hybridized carbons (Fsp3) is 0.714. The predicted molar refractivity (Wildman–Crippen MR) is 44.8 cm³/mol. The molecule has 74 valence electrons. The van der Waals surface area contributed by atoms with Crippen LogP contribution in [0.4, 0.5) is 4.39 Å². The first-order valence-electron chi connectivity index (χ1n) is 3.96. The molecule has 0 saturated carbocycles. The van der Waals surface area contributed by atoms with Crippen LogP contribution in [0.25, 0.3) is 0 Å². The molecule has 0 bridgehead atoms. The molecule has 1 aromatic rings. The summed E-state index contributed by atoms with van der Waals surface area (Å²) < 4.78 is 17.7. The van der Waals surface area contributed by atoms with E-state index in [1.54, 1.807) is 0 Å². The average Bonchev–Trinajstić information content (AvgIpc) is 2.57. The number of rotatable bonds is 5. The molecule has 1 rings (SSSR count). The van der Waals surface area contributed by atoms with Gasteiger partial charge in [0.2, 0.25) is 0 Å². The second kappa shape index (κ2) is 4.88. The van der Waals surface area contributed by atoms with Gasteiger partial charge in [-0.05, 0) is 0 Å². The Hall–Kier alpha value is -1.01. The molecule has 0 aliphatic heterocycles. The van der Waals surface area contributed by atoms with Crippen molar-refractivity contribution in [2.24, 2.45) is 5.73 Å². The van der Waals surface area contributed by atoms with Crippen molar-refractivity contribution < 1.29 is 9.13 Å². The first-order valence-corrected chi connectivity index (χ1v) is 3.96. The van der Waals surface area contributed by atoms with Gasteiger partial charge >= 0.3 is 0 Å². The van der Waals surface area contributed by atoms with E-state index in [-0.39, 0.29) is 13.2 Å². The van der Waals surface area contributed by atoms with E-state index in [2.05, 4.69) is 14.9 Å². The number of nitrogens with zero attached hydrogens (tertiary/aromatic N) is 3. The van der Waals surface area contributed by atoms with E-state index in [9.17, 15) is 4.39 Å². The predicted octanol–water partition coefficient (Wildman–Crippen LogP) is -0.410. The average molecular weight is 188 g/mol. The lowest BCUT2D eigenvalue weighted by molar-refractivity contribution is 0.102. The largest absolute Gasteiger partial charge is 0.382 e. The molecule has 0 aliphatic carbocycles. The standard InChI is InChI=1S/C7H13FN4O/c1-13-5-6(8)7(9)4-12-10-2-3-11-12/h2-3,6-7H,4-5,9H2,1H3/t6-,7+/m0/s1. The summed E-state index contributed by atoms with van der Waals surface area (Å²) in [5.41, 5.74) is 5.54. The van der Waals surface area contributed by atoms with Gasteiger partial charge in [0.15, 0.2) is 0 Å². The Labute approximate surface area is 75.7 Å². The van der Waals surface area contributed by atoms with Crippen LogP contribution in [-0.4, -0.2) is 40.9 Å². The van der Waals surface area contributed by atoms with Crippen molar-refractivity contribution in [2.75, 3.05) is 13.7 Å². The van der Waals surface area contributed by atoms with E-state index in [0.29, 0.717) is 0 Å². The summed E-state index contributed by atoms with van der Waals surface area (Å²) in [6, 6.07) is -0.632. The molecule has 1 heterocycles. The lowest BCUT2D eigenvalue weighted by atomic mass is 10.2. The molecule has 0 amide bonds. The second-order valence-electron chi connectivity index (χ2n) is 2.72. The van der Waals surface area contributed by atoms with Crippen molar-refractivity contribution >= 4 is 0 Å². The zero-order chi connectivity index (χ0) is 9.68. The van der Waals surface area contributed by atoms with Crippen LogP contribution >= 0.6 is 0 Å². The first-order chi connectivity index (χ1) is 6.24. The molecule has 0 unspecified atom stereocenters. The van der Waals surface area contributed by atoms with Gasteiger partial charge in [-0.2, -0.15) is 15.0 Å². The van der Waals surface area contributed by atoms with Crippen LogP contribution in [-0.2, 0) is 11.3 Å². The van der Waals surface area contributed by atoms with Crippen molar-refractivity contribution in [3.63, 3.8) is 0 Å². The van der Waals surface area contributed by atoms with E-state index in [1.165, 1.54) is 24.3 Å². The molecule has 0 spiro atoms. The van der Waals surface area contributed by atoms with E-state index in [1.807, 2.05) is 0 Å². The van der Waals surface area contributed by atoms with Gasteiger partial charge in [0.25, 0.3) is 0 Å². The smallest absolute Gasteiger partial charge is 0.140 e. The number of ether oxygens (including phenoxy) is 1. The lowest BCUT2D eigenvalue weighted by Crippen LogP contribution is -2.39. The Morgan fingerprint density at radius 1 is 1.54 bits per heavy atom. The molecular formula is C7H13FN4O. The lowest BCUT2D eigenvalue weighted by Gasteiger charge is -2.14. The normalized spacial score (nSPS) is 15.6. The van der Waals surface area contributed by atoms with E-state index in [4.69, 9.17) is 5.73 Å². The number of hydrogen-bond acceptors (Lipinski definition) is 4. The van der Waals surface area contributed by atoms with Crippen molar-refractivity contribution in [1.29, 1.82) is 0 Å². The van der Waals surface area contributed by atoms with Gasteiger partial charge in [-0.1, -0.05) is 0 Å². The SMILES string of the molecule is COC[C@H](F)[C@H](N)Cn1nccn1. The summed E-state index contributed by atoms with van der Waals surface area (Å²) >= 11 is 0. The third-order valence-corrected chi connectivity index (χ3v) is 1.63. The Morgan fingerprint density at radius 3 is 2.69 bits per heavy atom. The third-order valence-electron chi connectivity index (χ3n) is 1.63. The van der Waals surface area contributed by atoms with Crippen LogP contribution in [0.1, 0.15) is 0 Å². The minimum atomic E-state index is -1.18. The van der Waals surface area contributed by atoms with Gasteiger partial charge in [0, 0.05) is 7.11 Å². The molecule has 2 N–H and O–H groups in total. The van der Waals surface area contributed by atoms with Gasteiger partial charge in [0.05, 0.1) is 31.6 Å². The zero-order valence-corrected chi connectivity index (χ0v) is 7.43. The molecule has 0 radical (unpaired) electrons. The molecule has 13 heavy (non-hydrogen) atoms. The Balaban J connectivity index is 2.36. The van der Waals surface area contributed by atoms with Crippen molar-refractivity contribution in [1.82, 2.24) is 15.0 Å². The molecule has 2 atom stereocenters. The van der Waals surface area contributed by atoms with Crippen LogP contribution < -0.4 is 5.73 Å². The highest BCUT2D eigenvalue weighted by atomic mass is 19.1. The van der Waals surface area contributed by atoms with Gasteiger partial charge < -0.3 is 10.5 Å². The minimum Gasteiger partial charge on any atom is -0.382 e. The maximum absolute atomic E-state index is 13.1. The van der Waals surface area contributed by atoms with Crippen LogP contribution in [0.3, 0.4) is 0 Å². The summed E-state index contributed by atoms with van der Waals surface area (Å²) in [4.78, 5) is 1.35. The zero-order valence-electron chi connectivity index (χ0n) is 7.43. The number of nitrogens with two attached hydrogens (primary N) is 1. The highest BCUT2D eigenvalue weighted by Crippen LogP contribution is 1.99. The summed E-state index contributed by atoms with van der Waals surface area (Å²) in [5.74, 6) is 0. The second-order valence-corrected chi connectivity index (χ2v) is 2.72. The quantitative estimate of drug-likeness (QED) is 0.682. The molecule has 6 heteroatoms. The maximum Gasteiger partial charge on any atom is 0.140 e. The van der Waals surface area contributed by atoms with E-state index >= 15 is 0 Å². The fourth-order valence-electron chi connectivity index (χ4n) is 0.923. The number of aromatic nitrogens is 3. The number of methoxy groups -OCH3 is 1. The van der Waals surface area contributed by atoms with Crippen LogP contribution in [0.15, 0.2) is 12.4 Å². The third kappa shape index (κ3) is 3.08. The Kier molecular flexibility index (Phi) is 3.78. The van der Waals surface area contributed by atoms with E-state index in [0.717, 1.165) is 0 Å². The van der Waals surface area contributed by atoms with Crippen LogP contribution in [0.5, 0.6) is 0 Å². The van der Waals surface area contributed by atoms with Crippen LogP contribution in [0, 0.1) is 0 Å². The number of alkyl halides is 1. The summed E-state index contributed by atoms with van der Waals surface area (Å²) in [6.45, 7) is 0.264. The van der Waals surface area contributed by atoms with Crippen LogP contribution in [0.2, 0.25) is 0 Å². The van der Waals surface area contributed by atoms with Crippen molar-refractivity contribution in [2.45, 2.75) is 18.8 Å². The first kappa shape index (κ1) is 10.1. The molecular weight excluding hydrogens is 175 g/mol. The fourth-order valence-corrected chi connectivity index (χ4v) is 0.923. The summed E-state index contributed by atoms with van der Waals surface area (Å²) in [6.07, 6.45) is 1.86. The highest BCUT2D eigenvalue weighted by Gasteiger charge is 2.17. The summed E-state index contributed by atoms with van der Waals surface area (Å²) in [7, 11) is 1.44. The summed E-state index contributed by atoms with van der Waals surface area (Å²) in [5, 5.41) is 7.63. The molecule has 0 aromatic carbocycles. The van der Waals surface area contributed by atoms with Gasteiger partial charge in [-0.15, -0.1) is 0 Å². The van der Waals surface area contributed by atoms with E-state index < -0.39 is 12.2 Å². The Bertz CT molecular complexity index is 228. The van der Waals surface area contributed by atoms with Crippen molar-refractivity contribution in [3.8, 4) is 0 Å². The minimum absolute atomic E-state index is 0.00242. The molecule has 5 nitrogen and oxygen atoms in total. The molecule has 0 aliphatic rings. The monoisotopic (exact) mass is 188 g/mol. The number of hydrogen-bond donors (Lipinski definition) is 1. The molecule has 0 fully saturated rings. The molecule has 1 aromatic heterocycles. The number of halogens is 1. The maximum atomic E-state index is 13.1. The van der Waals surface area contributed by atoms with Gasteiger partial charge in [-0.3, -0.25) is 0 Å². The highest BCUT2D eigenvalue weighted by molar-refractivity contribution is 4.72. The van der Waals surface area contributed by atoms with Gasteiger partial charge in [-0.25, -0.2) is 4.39 Å². The Morgan fingerprint density at radius 2 is 2.15 bits per heavy atom. The van der Waals surface area contributed by atoms with Crippen molar-refractivity contribution in [3.05, 3.63) is 12.4 Å².